The third-order valence-electron chi connectivity index (χ3n) is 6.19. The SMILES string of the molecule is O=NC(CCCCCCCCCCCCCCCCCCCCC(N=O)P(=O)(O)O)P(=O)(O)O. The zero-order valence-electron chi connectivity index (χ0n) is 20.5. The molecule has 0 aliphatic heterocycles. The molecule has 0 aliphatic carbocycles. The molecule has 0 saturated carbocycles. The van der Waals surface area contributed by atoms with E-state index in [0.29, 0.717) is 12.8 Å². The Hall–Kier alpha value is -0.500. The molecule has 0 amide bonds. The fraction of sp³-hybridized carbons (Fsp3) is 1.00. The van der Waals surface area contributed by atoms with E-state index in [4.69, 9.17) is 19.6 Å². The molecule has 10 nitrogen and oxygen atoms in total. The van der Waals surface area contributed by atoms with Crippen LogP contribution in [0.3, 0.4) is 0 Å². The van der Waals surface area contributed by atoms with Crippen LogP contribution in [0, 0.1) is 9.81 Å². The molecule has 34 heavy (non-hydrogen) atoms. The number of hydrogen-bond acceptors (Lipinski definition) is 6. The molecular formula is C22H46N2O8P2. The van der Waals surface area contributed by atoms with Crippen molar-refractivity contribution >= 4 is 15.2 Å². The van der Waals surface area contributed by atoms with Gasteiger partial charge in [0.2, 0.25) is 0 Å². The molecule has 0 aromatic carbocycles. The summed E-state index contributed by atoms with van der Waals surface area (Å²) < 4.78 is 22.0. The molecule has 0 heterocycles. The Balaban J connectivity index is 3.30. The van der Waals surface area contributed by atoms with Crippen LogP contribution in [-0.4, -0.2) is 31.1 Å². The van der Waals surface area contributed by atoms with Crippen LogP contribution in [0.5, 0.6) is 0 Å². The first-order valence-corrected chi connectivity index (χ1v) is 16.2. The van der Waals surface area contributed by atoms with Crippen molar-refractivity contribution in [3.8, 4) is 0 Å². The summed E-state index contributed by atoms with van der Waals surface area (Å²) in [5.41, 5.74) is 0. The Labute approximate surface area is 204 Å². The van der Waals surface area contributed by atoms with E-state index >= 15 is 0 Å². The Morgan fingerprint density at radius 1 is 0.412 bits per heavy atom. The maximum absolute atomic E-state index is 11.0. The van der Waals surface area contributed by atoms with Gasteiger partial charge in [0, 0.05) is 0 Å². The van der Waals surface area contributed by atoms with Gasteiger partial charge in [-0.1, -0.05) is 126 Å². The smallest absolute Gasteiger partial charge is 0.323 e. The molecule has 2 unspecified atom stereocenters. The van der Waals surface area contributed by atoms with Crippen LogP contribution in [0.25, 0.3) is 0 Å². The fourth-order valence-electron chi connectivity index (χ4n) is 4.05. The molecule has 0 spiro atoms. The van der Waals surface area contributed by atoms with Crippen molar-refractivity contribution < 1.29 is 28.7 Å². The molecular weight excluding hydrogens is 482 g/mol. The van der Waals surface area contributed by atoms with Gasteiger partial charge < -0.3 is 19.6 Å². The molecule has 0 rings (SSSR count). The van der Waals surface area contributed by atoms with E-state index in [9.17, 15) is 18.9 Å². The van der Waals surface area contributed by atoms with Gasteiger partial charge in [-0.05, 0) is 12.8 Å². The van der Waals surface area contributed by atoms with Gasteiger partial charge in [-0.25, -0.2) is 0 Å². The first-order valence-electron chi connectivity index (χ1n) is 12.9. The van der Waals surface area contributed by atoms with Gasteiger partial charge in [-0.2, -0.15) is 0 Å². The lowest BCUT2D eigenvalue weighted by atomic mass is 10.0. The molecule has 0 bridgehead atoms. The molecule has 0 aliphatic rings. The minimum absolute atomic E-state index is 0.163. The van der Waals surface area contributed by atoms with E-state index in [1.54, 1.807) is 0 Å². The standard InChI is InChI=1S/C22H46N2O8P2/c25-23-21(33(27,28)29)19-17-15-13-11-9-7-5-3-1-2-4-6-8-10-12-14-16-18-20-22(24-26)34(30,31)32/h21-22H,1-20H2,(H2,27,28,29)(H2,30,31,32). The van der Waals surface area contributed by atoms with E-state index < -0.39 is 26.8 Å². The summed E-state index contributed by atoms with van der Waals surface area (Å²) in [5, 5.41) is 5.09. The molecule has 0 fully saturated rings. The maximum atomic E-state index is 11.0. The molecule has 4 N–H and O–H groups in total. The monoisotopic (exact) mass is 528 g/mol. The van der Waals surface area contributed by atoms with Gasteiger partial charge in [0.15, 0.2) is 11.6 Å². The summed E-state index contributed by atoms with van der Waals surface area (Å²) in [4.78, 5) is 56.7. The van der Waals surface area contributed by atoms with Crippen molar-refractivity contribution in [2.24, 2.45) is 10.4 Å². The van der Waals surface area contributed by atoms with E-state index in [2.05, 4.69) is 10.4 Å². The highest BCUT2D eigenvalue weighted by atomic mass is 31.2. The normalized spacial score (nSPS) is 14.1. The van der Waals surface area contributed by atoms with Crippen molar-refractivity contribution in [3.05, 3.63) is 9.81 Å². The highest BCUT2D eigenvalue weighted by Gasteiger charge is 2.29. The average Bonchev–Trinajstić information content (AvgIpc) is 2.75. The van der Waals surface area contributed by atoms with Gasteiger partial charge in [0.1, 0.15) is 0 Å². The topological polar surface area (TPSA) is 174 Å². The minimum Gasteiger partial charge on any atom is -0.323 e. The average molecular weight is 529 g/mol. The van der Waals surface area contributed by atoms with Gasteiger partial charge in [-0.3, -0.25) is 9.13 Å². The van der Waals surface area contributed by atoms with Gasteiger partial charge in [-0.15, -0.1) is 9.81 Å². The van der Waals surface area contributed by atoms with Crippen molar-refractivity contribution in [2.45, 2.75) is 140 Å². The Bertz CT molecular complexity index is 560. The van der Waals surface area contributed by atoms with Crippen molar-refractivity contribution in [3.63, 3.8) is 0 Å². The second-order valence-corrected chi connectivity index (χ2v) is 12.8. The molecule has 0 aromatic heterocycles. The van der Waals surface area contributed by atoms with Crippen molar-refractivity contribution in [2.75, 3.05) is 0 Å². The lowest BCUT2D eigenvalue weighted by Gasteiger charge is -2.10. The third-order valence-corrected chi connectivity index (χ3v) is 8.45. The summed E-state index contributed by atoms with van der Waals surface area (Å²) in [6.07, 6.45) is 20.0. The number of hydrogen-bond donors (Lipinski definition) is 4. The largest absolute Gasteiger partial charge is 0.353 e. The first kappa shape index (κ1) is 33.5. The Morgan fingerprint density at radius 3 is 0.735 bits per heavy atom. The number of rotatable bonds is 25. The highest BCUT2D eigenvalue weighted by molar-refractivity contribution is 7.52. The van der Waals surface area contributed by atoms with E-state index in [-0.39, 0.29) is 12.8 Å². The highest BCUT2D eigenvalue weighted by Crippen LogP contribution is 2.45. The molecule has 0 saturated heterocycles. The maximum Gasteiger partial charge on any atom is 0.353 e. The fourth-order valence-corrected chi connectivity index (χ4v) is 5.33. The molecule has 0 aromatic rings. The van der Waals surface area contributed by atoms with Crippen LogP contribution in [-0.2, 0) is 9.13 Å². The van der Waals surface area contributed by atoms with Gasteiger partial charge >= 0.3 is 15.2 Å². The Morgan fingerprint density at radius 2 is 0.588 bits per heavy atom. The van der Waals surface area contributed by atoms with Crippen LogP contribution < -0.4 is 0 Å². The lowest BCUT2D eigenvalue weighted by molar-refractivity contribution is 0.351. The predicted octanol–water partition coefficient (Wildman–Crippen LogP) is 7.33. The summed E-state index contributed by atoms with van der Waals surface area (Å²) >= 11 is 0. The summed E-state index contributed by atoms with van der Waals surface area (Å²) in [6.45, 7) is 0. The minimum atomic E-state index is -4.39. The molecule has 2 atom stereocenters. The van der Waals surface area contributed by atoms with Crippen LogP contribution in [0.2, 0.25) is 0 Å². The second-order valence-electron chi connectivity index (χ2n) is 9.29. The van der Waals surface area contributed by atoms with Crippen molar-refractivity contribution in [1.29, 1.82) is 0 Å². The van der Waals surface area contributed by atoms with E-state index in [1.165, 1.54) is 64.2 Å². The van der Waals surface area contributed by atoms with E-state index in [0.717, 1.165) is 38.5 Å². The molecule has 0 radical (unpaired) electrons. The zero-order valence-corrected chi connectivity index (χ0v) is 22.3. The van der Waals surface area contributed by atoms with Crippen LogP contribution in [0.15, 0.2) is 10.4 Å². The van der Waals surface area contributed by atoms with Gasteiger partial charge in [0.25, 0.3) is 0 Å². The zero-order chi connectivity index (χ0) is 25.7. The number of unbranched alkanes of at least 4 members (excludes halogenated alkanes) is 17. The quantitative estimate of drug-likeness (QED) is 0.0541. The van der Waals surface area contributed by atoms with Crippen LogP contribution in [0.4, 0.5) is 0 Å². The number of nitroso groups, excluding NO2 is 2. The van der Waals surface area contributed by atoms with Gasteiger partial charge in [0.05, 0.1) is 0 Å². The summed E-state index contributed by atoms with van der Waals surface area (Å²) in [6, 6.07) is 0. The van der Waals surface area contributed by atoms with Crippen LogP contribution >= 0.6 is 15.2 Å². The summed E-state index contributed by atoms with van der Waals surface area (Å²) in [5.74, 6) is -2.77. The molecule has 202 valence electrons. The molecule has 12 heteroatoms. The first-order chi connectivity index (χ1) is 16.1. The third kappa shape index (κ3) is 19.8. The second kappa shape index (κ2) is 20.7. The predicted molar refractivity (Wildman–Crippen MR) is 136 cm³/mol. The van der Waals surface area contributed by atoms with Crippen LogP contribution in [0.1, 0.15) is 128 Å². The van der Waals surface area contributed by atoms with Crippen molar-refractivity contribution in [1.82, 2.24) is 0 Å². The van der Waals surface area contributed by atoms with E-state index in [1.807, 2.05) is 0 Å². The Kier molecular flexibility index (Phi) is 20.4. The summed E-state index contributed by atoms with van der Waals surface area (Å²) in [7, 11) is -8.78. The lowest BCUT2D eigenvalue weighted by Crippen LogP contribution is -2.04. The number of nitrogens with zero attached hydrogens (tertiary/aromatic N) is 2.